The lowest BCUT2D eigenvalue weighted by Crippen LogP contribution is -2.13. The van der Waals surface area contributed by atoms with Gasteiger partial charge in [-0.2, -0.15) is 0 Å². The van der Waals surface area contributed by atoms with Crippen molar-refractivity contribution in [2.45, 2.75) is 26.1 Å². The average Bonchev–Trinajstić information content (AvgIpc) is 2.37. The highest BCUT2D eigenvalue weighted by Crippen LogP contribution is 2.26. The molecule has 2 N–H and O–H groups in total. The van der Waals surface area contributed by atoms with Gasteiger partial charge in [0.05, 0.1) is 11.4 Å². The van der Waals surface area contributed by atoms with Crippen molar-refractivity contribution in [3.05, 3.63) is 59.2 Å². The van der Waals surface area contributed by atoms with Crippen molar-refractivity contribution in [2.24, 2.45) is 0 Å². The molecule has 0 amide bonds. The van der Waals surface area contributed by atoms with Crippen LogP contribution in [0.4, 0.5) is 0 Å². The fourth-order valence-electron chi connectivity index (χ4n) is 1.78. The Morgan fingerprint density at radius 1 is 0.778 bits per heavy atom. The average molecular weight is 244 g/mol. The third-order valence-electron chi connectivity index (χ3n) is 2.72. The quantitative estimate of drug-likeness (QED) is 0.865. The first-order valence-electron chi connectivity index (χ1n) is 5.81. The Bertz CT molecular complexity index is 493. The first-order valence-corrected chi connectivity index (χ1v) is 5.81. The summed E-state index contributed by atoms with van der Waals surface area (Å²) in [6, 6.07) is 10.7. The van der Waals surface area contributed by atoms with Crippen LogP contribution in [-0.2, 0) is 0 Å². The van der Waals surface area contributed by atoms with Crippen LogP contribution in [0.2, 0.25) is 0 Å². The molecule has 2 aromatic heterocycles. The zero-order chi connectivity index (χ0) is 13.1. The second-order valence-electron chi connectivity index (χ2n) is 4.30. The maximum absolute atomic E-state index is 10.1. The van der Waals surface area contributed by atoms with E-state index < -0.39 is 12.2 Å². The molecule has 0 unspecified atom stereocenters. The number of rotatable bonds is 3. The molecule has 94 valence electrons. The second kappa shape index (κ2) is 5.25. The van der Waals surface area contributed by atoms with E-state index >= 15 is 0 Å². The van der Waals surface area contributed by atoms with Crippen molar-refractivity contribution in [2.75, 3.05) is 0 Å². The number of hydrogen-bond donors (Lipinski definition) is 2. The number of nitrogens with zero attached hydrogens (tertiary/aromatic N) is 2. The number of hydrogen-bond acceptors (Lipinski definition) is 4. The van der Waals surface area contributed by atoms with Gasteiger partial charge in [0, 0.05) is 11.4 Å². The molecule has 0 aliphatic rings. The minimum absolute atomic E-state index is 0.450. The molecule has 4 nitrogen and oxygen atoms in total. The van der Waals surface area contributed by atoms with Gasteiger partial charge in [-0.25, -0.2) is 0 Å². The largest absolute Gasteiger partial charge is 0.384 e. The van der Waals surface area contributed by atoms with Crippen LogP contribution in [0.25, 0.3) is 0 Å². The first kappa shape index (κ1) is 12.7. The van der Waals surface area contributed by atoms with Gasteiger partial charge < -0.3 is 10.2 Å². The van der Waals surface area contributed by atoms with E-state index in [1.165, 1.54) is 0 Å². The lowest BCUT2D eigenvalue weighted by molar-refractivity contribution is 0.0119. The Morgan fingerprint density at radius 3 is 1.50 bits per heavy atom. The molecule has 0 spiro atoms. The number of aromatic nitrogens is 2. The van der Waals surface area contributed by atoms with Crippen LogP contribution in [0.1, 0.15) is 35.0 Å². The van der Waals surface area contributed by atoms with Crippen LogP contribution < -0.4 is 0 Å². The number of aliphatic hydroxyl groups excluding tert-OH is 2. The summed E-state index contributed by atoms with van der Waals surface area (Å²) in [6.07, 6.45) is -2.14. The number of aliphatic hydroxyl groups is 2. The molecule has 0 aliphatic heterocycles. The normalized spacial score (nSPS) is 14.2. The zero-order valence-electron chi connectivity index (χ0n) is 10.4. The van der Waals surface area contributed by atoms with Gasteiger partial charge in [-0.3, -0.25) is 9.97 Å². The molecule has 0 saturated carbocycles. The van der Waals surface area contributed by atoms with Crippen molar-refractivity contribution < 1.29 is 10.2 Å². The van der Waals surface area contributed by atoms with E-state index in [0.717, 1.165) is 11.4 Å². The van der Waals surface area contributed by atoms with E-state index in [4.69, 9.17) is 0 Å². The molecule has 2 atom stereocenters. The van der Waals surface area contributed by atoms with Crippen LogP contribution in [0.15, 0.2) is 36.4 Å². The molecule has 0 aromatic carbocycles. The Labute approximate surface area is 106 Å². The molecular formula is C14H16N2O2. The topological polar surface area (TPSA) is 66.2 Å². The predicted octanol–water partition coefficient (Wildman–Crippen LogP) is 1.86. The van der Waals surface area contributed by atoms with Gasteiger partial charge in [-0.1, -0.05) is 12.1 Å². The van der Waals surface area contributed by atoms with Crippen molar-refractivity contribution in [1.82, 2.24) is 9.97 Å². The Hall–Kier alpha value is -1.78. The van der Waals surface area contributed by atoms with Crippen molar-refractivity contribution in [3.63, 3.8) is 0 Å². The Kier molecular flexibility index (Phi) is 3.69. The summed E-state index contributed by atoms with van der Waals surface area (Å²) in [7, 11) is 0. The molecule has 0 aliphatic carbocycles. The molecule has 0 bridgehead atoms. The molecule has 2 aromatic rings. The molecule has 4 heteroatoms. The van der Waals surface area contributed by atoms with Gasteiger partial charge in [0.15, 0.2) is 0 Å². The number of pyridine rings is 2. The maximum atomic E-state index is 10.1. The summed E-state index contributed by atoms with van der Waals surface area (Å²) < 4.78 is 0. The summed E-state index contributed by atoms with van der Waals surface area (Å²) in [5, 5.41) is 20.2. The molecular weight excluding hydrogens is 228 g/mol. The standard InChI is InChI=1S/C14H16N2O2/c1-9-5-3-7-11(15-9)13(17)14(18)12-8-4-6-10(2)16-12/h3-8,13-14,17-18H,1-2H3/t13-,14+. The van der Waals surface area contributed by atoms with Crippen molar-refractivity contribution in [1.29, 1.82) is 0 Å². The zero-order valence-corrected chi connectivity index (χ0v) is 10.4. The highest BCUT2D eigenvalue weighted by Gasteiger charge is 2.22. The molecule has 0 radical (unpaired) electrons. The highest BCUT2D eigenvalue weighted by atomic mass is 16.3. The van der Waals surface area contributed by atoms with E-state index in [-0.39, 0.29) is 0 Å². The monoisotopic (exact) mass is 244 g/mol. The van der Waals surface area contributed by atoms with Crippen LogP contribution >= 0.6 is 0 Å². The number of aryl methyl sites for hydroxylation is 2. The minimum Gasteiger partial charge on any atom is -0.384 e. The molecule has 18 heavy (non-hydrogen) atoms. The summed E-state index contributed by atoms with van der Waals surface area (Å²) in [5.74, 6) is 0. The third kappa shape index (κ3) is 2.72. The van der Waals surface area contributed by atoms with Crippen LogP contribution in [0.3, 0.4) is 0 Å². The van der Waals surface area contributed by atoms with E-state index in [0.29, 0.717) is 11.4 Å². The fraction of sp³-hybridized carbons (Fsp3) is 0.286. The molecule has 2 rings (SSSR count). The lowest BCUT2D eigenvalue weighted by atomic mass is 10.1. The van der Waals surface area contributed by atoms with E-state index in [9.17, 15) is 10.2 Å². The Morgan fingerprint density at radius 2 is 1.17 bits per heavy atom. The van der Waals surface area contributed by atoms with E-state index in [1.54, 1.807) is 24.3 Å². The lowest BCUT2D eigenvalue weighted by Gasteiger charge is -2.17. The first-order chi connectivity index (χ1) is 8.58. The summed E-state index contributed by atoms with van der Waals surface area (Å²) >= 11 is 0. The molecule has 0 fully saturated rings. The third-order valence-corrected chi connectivity index (χ3v) is 2.72. The van der Waals surface area contributed by atoms with Crippen LogP contribution in [0.5, 0.6) is 0 Å². The minimum atomic E-state index is -1.07. The van der Waals surface area contributed by atoms with Crippen LogP contribution in [-0.4, -0.2) is 20.2 Å². The molecule has 0 saturated heterocycles. The summed E-state index contributed by atoms with van der Waals surface area (Å²) in [6.45, 7) is 3.68. The van der Waals surface area contributed by atoms with Crippen molar-refractivity contribution in [3.8, 4) is 0 Å². The van der Waals surface area contributed by atoms with Crippen LogP contribution in [0, 0.1) is 13.8 Å². The molecule has 2 heterocycles. The van der Waals surface area contributed by atoms with Gasteiger partial charge in [-0.15, -0.1) is 0 Å². The van der Waals surface area contributed by atoms with Gasteiger partial charge in [0.25, 0.3) is 0 Å². The van der Waals surface area contributed by atoms with E-state index in [1.807, 2.05) is 26.0 Å². The van der Waals surface area contributed by atoms with Gasteiger partial charge >= 0.3 is 0 Å². The van der Waals surface area contributed by atoms with Gasteiger partial charge in [0.1, 0.15) is 12.2 Å². The van der Waals surface area contributed by atoms with E-state index in [2.05, 4.69) is 9.97 Å². The maximum Gasteiger partial charge on any atom is 0.127 e. The summed E-state index contributed by atoms with van der Waals surface area (Å²) in [4.78, 5) is 8.41. The Balaban J connectivity index is 2.26. The van der Waals surface area contributed by atoms with Crippen molar-refractivity contribution >= 4 is 0 Å². The second-order valence-corrected chi connectivity index (χ2v) is 4.30. The highest BCUT2D eigenvalue weighted by molar-refractivity contribution is 5.18. The smallest absolute Gasteiger partial charge is 0.127 e. The predicted molar refractivity (Wildman–Crippen MR) is 67.9 cm³/mol. The summed E-state index contributed by atoms with van der Waals surface area (Å²) in [5.41, 5.74) is 2.50. The van der Waals surface area contributed by atoms with Gasteiger partial charge in [0.2, 0.25) is 0 Å². The van der Waals surface area contributed by atoms with Gasteiger partial charge in [-0.05, 0) is 38.1 Å². The SMILES string of the molecule is Cc1cccc([C@@H](O)[C@@H](O)c2cccc(C)n2)n1. The fourth-order valence-corrected chi connectivity index (χ4v) is 1.78.